The molecule has 0 unspecified atom stereocenters. The summed E-state index contributed by atoms with van der Waals surface area (Å²) in [6.07, 6.45) is 1.69. The minimum Gasteiger partial charge on any atom is -0.235 e. The second-order valence-corrected chi connectivity index (χ2v) is 3.60. The Morgan fingerprint density at radius 2 is 2.12 bits per heavy atom. The van der Waals surface area contributed by atoms with Crippen molar-refractivity contribution in [1.82, 2.24) is 9.78 Å². The number of hydrogen-bond acceptors (Lipinski definition) is 2. The normalized spacial score (nSPS) is 10.1. The molecule has 1 aromatic carbocycles. The number of halogens is 1. The zero-order chi connectivity index (χ0) is 11.7. The molecule has 4 heteroatoms. The summed E-state index contributed by atoms with van der Waals surface area (Å²) in [5, 5.41) is 12.7. The molecule has 0 atom stereocenters. The van der Waals surface area contributed by atoms with Gasteiger partial charge in [0.05, 0.1) is 17.8 Å². The van der Waals surface area contributed by atoms with Crippen LogP contribution in [0.1, 0.15) is 16.8 Å². The van der Waals surface area contributed by atoms with E-state index in [-0.39, 0.29) is 0 Å². The first-order valence-electron chi connectivity index (χ1n) is 4.84. The molecule has 2 rings (SSSR count). The van der Waals surface area contributed by atoms with Crippen molar-refractivity contribution >= 4 is 0 Å². The van der Waals surface area contributed by atoms with Crippen LogP contribution in [0, 0.1) is 31.0 Å². The standard InChI is InChI=1S/C12H10FN3/c1-8-7-15-16(9(8)2)12-4-3-10(6-14)5-11(12)13/h3-5,7H,1-2H3. The molecule has 0 spiro atoms. The predicted octanol–water partition coefficient (Wildman–Crippen LogP) is 2.50. The fourth-order valence-electron chi connectivity index (χ4n) is 1.48. The summed E-state index contributed by atoms with van der Waals surface area (Å²) in [5.41, 5.74) is 2.57. The van der Waals surface area contributed by atoms with Crippen LogP contribution in [0.3, 0.4) is 0 Å². The third-order valence-electron chi connectivity index (χ3n) is 2.56. The molecule has 0 radical (unpaired) electrons. The SMILES string of the molecule is Cc1cnn(-c2ccc(C#N)cc2F)c1C. The molecule has 3 nitrogen and oxygen atoms in total. The monoisotopic (exact) mass is 215 g/mol. The van der Waals surface area contributed by atoms with Crippen LogP contribution >= 0.6 is 0 Å². The highest BCUT2D eigenvalue weighted by Crippen LogP contribution is 2.17. The summed E-state index contributed by atoms with van der Waals surface area (Å²) in [5.74, 6) is -0.440. The van der Waals surface area contributed by atoms with Crippen molar-refractivity contribution in [3.63, 3.8) is 0 Å². The Hall–Kier alpha value is -2.15. The number of rotatable bonds is 1. The lowest BCUT2D eigenvalue weighted by Crippen LogP contribution is -2.02. The first-order valence-corrected chi connectivity index (χ1v) is 4.84. The zero-order valence-corrected chi connectivity index (χ0v) is 9.03. The molecule has 1 aromatic heterocycles. The van der Waals surface area contributed by atoms with Crippen LogP contribution in [0.4, 0.5) is 4.39 Å². The highest BCUT2D eigenvalue weighted by Gasteiger charge is 2.09. The summed E-state index contributed by atoms with van der Waals surface area (Å²) >= 11 is 0. The highest BCUT2D eigenvalue weighted by atomic mass is 19.1. The van der Waals surface area contributed by atoms with Gasteiger partial charge in [0.2, 0.25) is 0 Å². The maximum atomic E-state index is 13.7. The van der Waals surface area contributed by atoms with Gasteiger partial charge in [0.25, 0.3) is 0 Å². The van der Waals surface area contributed by atoms with Crippen molar-refractivity contribution < 1.29 is 4.39 Å². The van der Waals surface area contributed by atoms with E-state index in [1.165, 1.54) is 10.7 Å². The number of nitrogens with zero attached hydrogens (tertiary/aromatic N) is 3. The van der Waals surface area contributed by atoms with E-state index in [1.807, 2.05) is 19.9 Å². The number of hydrogen-bond donors (Lipinski definition) is 0. The number of nitriles is 1. The predicted molar refractivity (Wildman–Crippen MR) is 57.7 cm³/mol. The lowest BCUT2D eigenvalue weighted by atomic mass is 10.2. The number of aromatic nitrogens is 2. The van der Waals surface area contributed by atoms with Crippen LogP contribution in [0.5, 0.6) is 0 Å². The highest BCUT2D eigenvalue weighted by molar-refractivity contribution is 5.41. The Morgan fingerprint density at radius 1 is 1.38 bits per heavy atom. The molecule has 0 saturated heterocycles. The lowest BCUT2D eigenvalue weighted by molar-refractivity contribution is 0.608. The second-order valence-electron chi connectivity index (χ2n) is 3.60. The third kappa shape index (κ3) is 1.57. The molecule has 2 aromatic rings. The molecule has 0 aliphatic carbocycles. The Kier molecular flexibility index (Phi) is 2.45. The fraction of sp³-hybridized carbons (Fsp3) is 0.167. The largest absolute Gasteiger partial charge is 0.235 e. The van der Waals surface area contributed by atoms with Gasteiger partial charge in [0.1, 0.15) is 11.5 Å². The van der Waals surface area contributed by atoms with Crippen LogP contribution < -0.4 is 0 Å². The minimum atomic E-state index is -0.440. The maximum absolute atomic E-state index is 13.7. The van der Waals surface area contributed by atoms with Crippen LogP contribution in [-0.4, -0.2) is 9.78 Å². The van der Waals surface area contributed by atoms with Gasteiger partial charge in [0, 0.05) is 5.69 Å². The van der Waals surface area contributed by atoms with Crippen LogP contribution in [0.15, 0.2) is 24.4 Å². The van der Waals surface area contributed by atoms with Crippen molar-refractivity contribution in [3.05, 3.63) is 47.0 Å². The molecule has 0 N–H and O–H groups in total. The molecule has 0 aliphatic rings. The topological polar surface area (TPSA) is 41.6 Å². The van der Waals surface area contributed by atoms with Crippen molar-refractivity contribution in [1.29, 1.82) is 5.26 Å². The second kappa shape index (κ2) is 3.78. The molecule has 16 heavy (non-hydrogen) atoms. The van der Waals surface area contributed by atoms with Gasteiger partial charge in [-0.05, 0) is 37.6 Å². The summed E-state index contributed by atoms with van der Waals surface area (Å²) in [6, 6.07) is 6.25. The Bertz CT molecular complexity index is 578. The van der Waals surface area contributed by atoms with Crippen LogP contribution in [-0.2, 0) is 0 Å². The van der Waals surface area contributed by atoms with Gasteiger partial charge in [-0.3, -0.25) is 0 Å². The van der Waals surface area contributed by atoms with Gasteiger partial charge < -0.3 is 0 Å². The van der Waals surface area contributed by atoms with Gasteiger partial charge >= 0.3 is 0 Å². The summed E-state index contributed by atoms with van der Waals surface area (Å²) in [4.78, 5) is 0. The molecule has 80 valence electrons. The Morgan fingerprint density at radius 3 is 2.62 bits per heavy atom. The van der Waals surface area contributed by atoms with Gasteiger partial charge in [0.15, 0.2) is 0 Å². The van der Waals surface area contributed by atoms with Crippen molar-refractivity contribution in [2.75, 3.05) is 0 Å². The fourth-order valence-corrected chi connectivity index (χ4v) is 1.48. The molecular formula is C12H10FN3. The first kappa shape index (κ1) is 10.4. The van der Waals surface area contributed by atoms with Gasteiger partial charge in [-0.1, -0.05) is 0 Å². The Labute approximate surface area is 92.7 Å². The van der Waals surface area contributed by atoms with Crippen molar-refractivity contribution in [2.24, 2.45) is 0 Å². The van der Waals surface area contributed by atoms with E-state index in [0.29, 0.717) is 11.3 Å². The quantitative estimate of drug-likeness (QED) is 0.733. The van der Waals surface area contributed by atoms with E-state index >= 15 is 0 Å². The van der Waals surface area contributed by atoms with E-state index in [0.717, 1.165) is 11.3 Å². The molecule has 0 aliphatic heterocycles. The van der Waals surface area contributed by atoms with Crippen LogP contribution in [0.25, 0.3) is 5.69 Å². The Balaban J connectivity index is 2.58. The minimum absolute atomic E-state index is 0.308. The molecular weight excluding hydrogens is 205 g/mol. The van der Waals surface area contributed by atoms with Gasteiger partial charge in [-0.15, -0.1) is 0 Å². The third-order valence-corrected chi connectivity index (χ3v) is 2.56. The summed E-state index contributed by atoms with van der Waals surface area (Å²) in [7, 11) is 0. The number of aryl methyl sites for hydroxylation is 1. The van der Waals surface area contributed by atoms with E-state index in [4.69, 9.17) is 5.26 Å². The van der Waals surface area contributed by atoms with Crippen molar-refractivity contribution in [3.8, 4) is 11.8 Å². The average Bonchev–Trinajstić information content (AvgIpc) is 2.60. The molecule has 0 saturated carbocycles. The lowest BCUT2D eigenvalue weighted by Gasteiger charge is -2.06. The molecule has 1 heterocycles. The van der Waals surface area contributed by atoms with Crippen molar-refractivity contribution in [2.45, 2.75) is 13.8 Å². The first-order chi connectivity index (χ1) is 7.63. The average molecular weight is 215 g/mol. The van der Waals surface area contributed by atoms with Gasteiger partial charge in [-0.25, -0.2) is 9.07 Å². The molecule has 0 bridgehead atoms. The van der Waals surface area contributed by atoms with E-state index < -0.39 is 5.82 Å². The van der Waals surface area contributed by atoms with Crippen LogP contribution in [0.2, 0.25) is 0 Å². The molecule has 0 amide bonds. The maximum Gasteiger partial charge on any atom is 0.150 e. The number of benzene rings is 1. The summed E-state index contributed by atoms with van der Waals surface area (Å²) < 4.78 is 15.2. The van der Waals surface area contributed by atoms with E-state index in [2.05, 4.69) is 5.10 Å². The van der Waals surface area contributed by atoms with E-state index in [1.54, 1.807) is 18.3 Å². The molecule has 0 fully saturated rings. The zero-order valence-electron chi connectivity index (χ0n) is 9.03. The van der Waals surface area contributed by atoms with E-state index in [9.17, 15) is 4.39 Å². The summed E-state index contributed by atoms with van der Waals surface area (Å²) in [6.45, 7) is 3.79. The smallest absolute Gasteiger partial charge is 0.150 e. The van der Waals surface area contributed by atoms with Gasteiger partial charge in [-0.2, -0.15) is 10.4 Å².